The van der Waals surface area contributed by atoms with Crippen LogP contribution in [-0.2, 0) is 38.8 Å². The topological polar surface area (TPSA) is 7.76 Å². The Labute approximate surface area is 310 Å². The molecule has 2 nitrogen and oxygen atoms in total. The molecule has 0 saturated carbocycles. The van der Waals surface area contributed by atoms with Crippen LogP contribution in [0.15, 0.2) is 97.6 Å². The minimum atomic E-state index is 1.13. The smallest absolute Gasteiger partial charge is 0.169 e. The number of rotatable bonds is 22. The van der Waals surface area contributed by atoms with Gasteiger partial charge in [0.05, 0.1) is 0 Å². The van der Waals surface area contributed by atoms with Gasteiger partial charge in [-0.3, -0.25) is 0 Å². The number of alkyl halides is 2. The first kappa shape index (κ1) is 40.1. The highest BCUT2D eigenvalue weighted by Gasteiger charge is 2.05. The molecule has 0 aliphatic heterocycles. The van der Waals surface area contributed by atoms with Gasteiger partial charge in [-0.1, -0.05) is 93.2 Å². The second kappa shape index (κ2) is 25.6. The fourth-order valence-corrected chi connectivity index (χ4v) is 6.99. The average Bonchev–Trinajstić information content (AvgIpc) is 3.11. The van der Waals surface area contributed by atoms with Crippen molar-refractivity contribution in [3.8, 4) is 0 Å². The number of halogens is 2. The summed E-state index contributed by atoms with van der Waals surface area (Å²) in [6.07, 6.45) is 29.3. The molecule has 0 aliphatic carbocycles. The van der Waals surface area contributed by atoms with Crippen molar-refractivity contribution < 1.29 is 9.13 Å². The van der Waals surface area contributed by atoms with Gasteiger partial charge in [-0.25, -0.2) is 9.13 Å². The number of benzene rings is 2. The van der Waals surface area contributed by atoms with Crippen LogP contribution in [0.3, 0.4) is 0 Å². The lowest BCUT2D eigenvalue weighted by Gasteiger charge is -2.09. The van der Waals surface area contributed by atoms with Crippen LogP contribution < -0.4 is 9.13 Å². The monoisotopic (exact) mass is 776 g/mol. The van der Waals surface area contributed by atoms with E-state index >= 15 is 0 Å². The molecule has 0 spiro atoms. The van der Waals surface area contributed by atoms with Crippen molar-refractivity contribution in [1.82, 2.24) is 0 Å². The lowest BCUT2D eigenvalue weighted by molar-refractivity contribution is -0.697. The van der Waals surface area contributed by atoms with Crippen LogP contribution in [0.1, 0.15) is 110 Å². The molecule has 4 heteroatoms. The van der Waals surface area contributed by atoms with E-state index in [9.17, 15) is 0 Å². The summed E-state index contributed by atoms with van der Waals surface area (Å²) >= 11 is 6.99. The van der Waals surface area contributed by atoms with E-state index in [0.29, 0.717) is 0 Å². The molecule has 0 saturated heterocycles. The highest BCUT2D eigenvalue weighted by atomic mass is 79.9. The first-order valence-corrected chi connectivity index (χ1v) is 21.0. The summed E-state index contributed by atoms with van der Waals surface area (Å²) in [6, 6.07) is 26.8. The normalized spacial score (nSPS) is 10.9. The van der Waals surface area contributed by atoms with E-state index in [1.807, 2.05) is 0 Å². The van der Waals surface area contributed by atoms with Crippen LogP contribution in [0.2, 0.25) is 0 Å². The maximum atomic E-state index is 3.50. The molecule has 2 heterocycles. The molecule has 0 unspecified atom stereocenters. The summed E-state index contributed by atoms with van der Waals surface area (Å²) in [7, 11) is 0. The summed E-state index contributed by atoms with van der Waals surface area (Å²) in [6.45, 7) is 6.54. The van der Waals surface area contributed by atoms with Crippen LogP contribution in [0.4, 0.5) is 0 Å². The molecule has 4 aromatic rings. The van der Waals surface area contributed by atoms with Crippen LogP contribution >= 0.6 is 31.9 Å². The third kappa shape index (κ3) is 17.4. The molecular formula is C44H62Br2N2+2. The zero-order chi connectivity index (χ0) is 34.1. The fraction of sp³-hybridized carbons (Fsp3) is 0.500. The highest BCUT2D eigenvalue weighted by molar-refractivity contribution is 9.09. The molecule has 260 valence electrons. The third-order valence-corrected chi connectivity index (χ3v) is 10.4. The molecule has 0 aliphatic rings. The zero-order valence-electron chi connectivity index (χ0n) is 30.0. The van der Waals surface area contributed by atoms with Crippen LogP contribution in [0.5, 0.6) is 0 Å². The zero-order valence-corrected chi connectivity index (χ0v) is 33.2. The molecule has 0 fully saturated rings. The minimum Gasteiger partial charge on any atom is -0.205 e. The Morgan fingerprint density at radius 1 is 0.375 bits per heavy atom. The number of pyridine rings is 2. The highest BCUT2D eigenvalue weighted by Crippen LogP contribution is 2.17. The molecule has 2 aromatic carbocycles. The molecule has 0 bridgehead atoms. The number of nitrogens with zero attached hydrogens (tertiary/aromatic N) is 2. The third-order valence-electron chi connectivity index (χ3n) is 9.24. The number of aryl methyl sites for hydroxylation is 8. The molecule has 2 aromatic heterocycles. The predicted molar refractivity (Wildman–Crippen MR) is 213 cm³/mol. The summed E-state index contributed by atoms with van der Waals surface area (Å²) < 4.78 is 4.60. The Morgan fingerprint density at radius 2 is 0.667 bits per heavy atom. The van der Waals surface area contributed by atoms with Gasteiger partial charge in [0.15, 0.2) is 24.8 Å². The van der Waals surface area contributed by atoms with Gasteiger partial charge in [-0.05, 0) is 124 Å². The Hall–Kier alpha value is -2.30. The first-order chi connectivity index (χ1) is 23.6. The SMILES string of the molecule is BrCCCCCc1ccccc1CCCCCBr.Cc1cc[n+](CCCCCc2ccccc2CCCCC[n+]2ccc(C)cc2)cc1. The molecule has 0 atom stereocenters. The van der Waals surface area contributed by atoms with Crippen molar-refractivity contribution in [2.75, 3.05) is 10.7 Å². The van der Waals surface area contributed by atoms with E-state index in [4.69, 9.17) is 0 Å². The predicted octanol–water partition coefficient (Wildman–Crippen LogP) is 11.6. The second-order valence-electron chi connectivity index (χ2n) is 13.4. The lowest BCUT2D eigenvalue weighted by atomic mass is 9.97. The van der Waals surface area contributed by atoms with E-state index in [1.54, 1.807) is 22.3 Å². The number of unbranched alkanes of at least 4 members (excludes halogenated alkanes) is 8. The van der Waals surface area contributed by atoms with Crippen LogP contribution in [-0.4, -0.2) is 10.7 Å². The second-order valence-corrected chi connectivity index (χ2v) is 15.0. The van der Waals surface area contributed by atoms with Gasteiger partial charge in [0.1, 0.15) is 13.1 Å². The van der Waals surface area contributed by atoms with E-state index < -0.39 is 0 Å². The standard InChI is InChI=1S/C28H38N2.C16H24Br2/c1-25-15-21-29(22-16-25)19-9-3-5-11-27-13-7-8-14-28(27)12-6-4-10-20-30-23-17-26(2)18-24-30;17-13-7-1-3-9-15-11-5-6-12-16(15)10-4-2-8-14-18/h7-8,13-18,21-24H,3-6,9-12,19-20H2,1-2H3;5-6,11-12H,1-4,7-10,13-14H2/q+2;. The maximum absolute atomic E-state index is 3.50. The number of aromatic nitrogens is 2. The van der Waals surface area contributed by atoms with Crippen LogP contribution in [0.25, 0.3) is 0 Å². The Kier molecular flexibility index (Phi) is 21.4. The van der Waals surface area contributed by atoms with Gasteiger partial charge in [-0.2, -0.15) is 0 Å². The first-order valence-electron chi connectivity index (χ1n) is 18.8. The van der Waals surface area contributed by atoms with E-state index in [2.05, 4.69) is 152 Å². The largest absolute Gasteiger partial charge is 0.205 e. The Balaban J connectivity index is 0.000000297. The van der Waals surface area contributed by atoms with Gasteiger partial charge < -0.3 is 0 Å². The van der Waals surface area contributed by atoms with Gasteiger partial charge in [0.25, 0.3) is 0 Å². The van der Waals surface area contributed by atoms with Crippen LogP contribution in [0, 0.1) is 13.8 Å². The van der Waals surface area contributed by atoms with E-state index in [-0.39, 0.29) is 0 Å². The van der Waals surface area contributed by atoms with Crippen molar-refractivity contribution in [3.05, 3.63) is 131 Å². The molecule has 48 heavy (non-hydrogen) atoms. The Bertz CT molecular complexity index is 1260. The maximum Gasteiger partial charge on any atom is 0.169 e. The molecule has 0 amide bonds. The summed E-state index contributed by atoms with van der Waals surface area (Å²) in [5.74, 6) is 0. The van der Waals surface area contributed by atoms with Gasteiger partial charge in [-0.15, -0.1) is 0 Å². The molecule has 0 radical (unpaired) electrons. The van der Waals surface area contributed by atoms with Crippen molar-refractivity contribution in [1.29, 1.82) is 0 Å². The van der Waals surface area contributed by atoms with Crippen molar-refractivity contribution in [3.63, 3.8) is 0 Å². The van der Waals surface area contributed by atoms with Gasteiger partial charge >= 0.3 is 0 Å². The Morgan fingerprint density at radius 3 is 0.958 bits per heavy atom. The lowest BCUT2D eigenvalue weighted by Crippen LogP contribution is -2.32. The quantitative estimate of drug-likeness (QED) is 0.0426. The van der Waals surface area contributed by atoms with Crippen molar-refractivity contribution >= 4 is 31.9 Å². The summed E-state index contributed by atoms with van der Waals surface area (Å²) in [5, 5.41) is 2.28. The molecule has 0 N–H and O–H groups in total. The van der Waals surface area contributed by atoms with E-state index in [1.165, 1.54) is 114 Å². The van der Waals surface area contributed by atoms with Gasteiger partial charge in [0.2, 0.25) is 0 Å². The number of hydrogen-bond acceptors (Lipinski definition) is 0. The van der Waals surface area contributed by atoms with E-state index in [0.717, 1.165) is 23.7 Å². The molecule has 4 rings (SSSR count). The summed E-state index contributed by atoms with van der Waals surface area (Å²) in [5.41, 5.74) is 8.94. The van der Waals surface area contributed by atoms with Crippen molar-refractivity contribution in [2.24, 2.45) is 0 Å². The number of hydrogen-bond donors (Lipinski definition) is 0. The summed E-state index contributed by atoms with van der Waals surface area (Å²) in [4.78, 5) is 0. The van der Waals surface area contributed by atoms with Gasteiger partial charge in [0, 0.05) is 47.8 Å². The fourth-order valence-electron chi connectivity index (χ4n) is 6.20. The average molecular weight is 779 g/mol. The molecular weight excluding hydrogens is 716 g/mol. The van der Waals surface area contributed by atoms with Crippen molar-refractivity contribution in [2.45, 2.75) is 130 Å². The minimum absolute atomic E-state index is 1.13.